The number of nitro groups is 1. The Morgan fingerprint density at radius 1 is 0.859 bits per heavy atom. The van der Waals surface area contributed by atoms with Crippen molar-refractivity contribution in [3.63, 3.8) is 0 Å². The zero-order valence-electron chi connectivity index (χ0n) is 41.0. The maximum atomic E-state index is 14.9. The number of carbonyl (C=O) groups is 5. The van der Waals surface area contributed by atoms with E-state index in [2.05, 4.69) is 28.2 Å². The lowest BCUT2D eigenvalue weighted by Crippen LogP contribution is -2.58. The van der Waals surface area contributed by atoms with E-state index >= 15 is 0 Å². The summed E-state index contributed by atoms with van der Waals surface area (Å²) in [6.45, 7) is 5.94. The average Bonchev–Trinajstić information content (AvgIpc) is 3.33. The number of fused-ring (bicyclic) bond motifs is 9. The molecular weight excluding hydrogens is 932 g/mol. The van der Waals surface area contributed by atoms with E-state index in [1.807, 2.05) is 44.2 Å². The van der Waals surface area contributed by atoms with E-state index in [4.69, 9.17) is 19.9 Å². The predicted molar refractivity (Wildman–Crippen MR) is 272 cm³/mol. The highest BCUT2D eigenvalue weighted by Crippen LogP contribution is 2.45. The van der Waals surface area contributed by atoms with Crippen LogP contribution in [0, 0.1) is 16.0 Å². The van der Waals surface area contributed by atoms with Crippen LogP contribution in [0.25, 0.3) is 0 Å². The SMILES string of the molecule is CCCCCCCCCCCC(=O)N[C@H](C(=O)O)[C@@H]1NC(=O)[C@@H](Cc2ccccc2)NC(=O)[C@@H](NC(=O)[C@H](N)CC(C)C)Cc2ccc(c([N+](=O)[O-])c2)Oc2cc1cc(OCc1ccccc1)c2OC.Cl. The summed E-state index contributed by atoms with van der Waals surface area (Å²) in [7, 11) is 1.34. The second-order valence-corrected chi connectivity index (χ2v) is 18.2. The number of benzene rings is 4. The van der Waals surface area contributed by atoms with Crippen molar-refractivity contribution in [1.82, 2.24) is 21.3 Å². The first kappa shape index (κ1) is 56.9. The van der Waals surface area contributed by atoms with Gasteiger partial charge in [0.25, 0.3) is 0 Å². The molecule has 0 aromatic heterocycles. The minimum Gasteiger partial charge on any atom is -0.490 e. The lowest BCUT2D eigenvalue weighted by atomic mass is 9.96. The molecule has 0 saturated carbocycles. The summed E-state index contributed by atoms with van der Waals surface area (Å²) < 4.78 is 18.4. The molecule has 2 aliphatic heterocycles. The summed E-state index contributed by atoms with van der Waals surface area (Å²) in [5, 5.41) is 34.7. The molecule has 2 aliphatic rings. The van der Waals surface area contributed by atoms with Crippen LogP contribution in [0.1, 0.15) is 120 Å². The van der Waals surface area contributed by atoms with Gasteiger partial charge in [0.15, 0.2) is 17.5 Å². The first-order valence-electron chi connectivity index (χ1n) is 24.2. The Balaban J connectivity index is 0.0000110. The van der Waals surface area contributed by atoms with Gasteiger partial charge in [0, 0.05) is 25.3 Å². The molecule has 0 aliphatic carbocycles. The summed E-state index contributed by atoms with van der Waals surface area (Å²) in [6.07, 6.45) is 8.98. The van der Waals surface area contributed by atoms with Crippen LogP contribution in [0.2, 0.25) is 0 Å². The summed E-state index contributed by atoms with van der Waals surface area (Å²) in [4.78, 5) is 82.2. The molecule has 5 atom stereocenters. The van der Waals surface area contributed by atoms with Gasteiger partial charge in [-0.25, -0.2) is 4.79 Å². The van der Waals surface area contributed by atoms with Crippen LogP contribution in [0.15, 0.2) is 91.0 Å². The summed E-state index contributed by atoms with van der Waals surface area (Å²) >= 11 is 0. The number of amides is 4. The van der Waals surface area contributed by atoms with Crippen LogP contribution in [-0.2, 0) is 43.4 Å². The number of carboxylic acid groups (broad SMARTS) is 1. The van der Waals surface area contributed by atoms with Gasteiger partial charge >= 0.3 is 11.7 Å². The largest absolute Gasteiger partial charge is 0.490 e. The van der Waals surface area contributed by atoms with Crippen LogP contribution in [0.4, 0.5) is 5.69 Å². The van der Waals surface area contributed by atoms with Crippen LogP contribution >= 0.6 is 12.4 Å². The Kier molecular flexibility index (Phi) is 23.1. The second kappa shape index (κ2) is 28.8. The van der Waals surface area contributed by atoms with Crippen molar-refractivity contribution >= 4 is 47.7 Å². The molecule has 17 nitrogen and oxygen atoms in total. The zero-order chi connectivity index (χ0) is 50.6. The molecule has 0 spiro atoms. The van der Waals surface area contributed by atoms with Crippen LogP contribution in [0.3, 0.4) is 0 Å². The Hall–Kier alpha value is -6.72. The van der Waals surface area contributed by atoms with E-state index in [1.54, 1.807) is 30.3 Å². The number of nitrogens with one attached hydrogen (secondary N) is 4. The minimum atomic E-state index is -1.81. The number of carbonyl (C=O) groups excluding carboxylic acids is 4. The topological polar surface area (TPSA) is 251 Å². The van der Waals surface area contributed by atoms with Gasteiger partial charge in [-0.2, -0.15) is 0 Å². The molecule has 4 bridgehead atoms. The third-order valence-corrected chi connectivity index (χ3v) is 12.1. The van der Waals surface area contributed by atoms with Gasteiger partial charge < -0.3 is 46.3 Å². The third-order valence-electron chi connectivity index (χ3n) is 12.1. The van der Waals surface area contributed by atoms with Crippen molar-refractivity contribution in [3.05, 3.63) is 123 Å². The number of hydrogen-bond donors (Lipinski definition) is 6. The van der Waals surface area contributed by atoms with Gasteiger partial charge in [0.05, 0.1) is 24.1 Å². The van der Waals surface area contributed by atoms with Gasteiger partial charge in [0.2, 0.25) is 35.1 Å². The molecule has 0 unspecified atom stereocenters. The van der Waals surface area contributed by atoms with Crippen molar-refractivity contribution in [2.45, 2.75) is 141 Å². The molecule has 2 heterocycles. The molecular formula is C53H69ClN6O11. The van der Waals surface area contributed by atoms with E-state index in [-0.39, 0.29) is 78.3 Å². The molecule has 71 heavy (non-hydrogen) atoms. The molecule has 4 aromatic rings. The number of nitrogens with zero attached hydrogens (tertiary/aromatic N) is 1. The molecule has 7 N–H and O–H groups in total. The second-order valence-electron chi connectivity index (χ2n) is 18.2. The number of rotatable bonds is 24. The number of nitro benzene ring substituents is 1. The van der Waals surface area contributed by atoms with Gasteiger partial charge in [-0.15, -0.1) is 12.4 Å². The van der Waals surface area contributed by atoms with Crippen molar-refractivity contribution in [3.8, 4) is 23.0 Å². The van der Waals surface area contributed by atoms with Gasteiger partial charge in [0.1, 0.15) is 18.7 Å². The van der Waals surface area contributed by atoms with Crippen LogP contribution in [0.5, 0.6) is 23.0 Å². The van der Waals surface area contributed by atoms with Crippen molar-refractivity contribution in [2.75, 3.05) is 7.11 Å². The fraction of sp³-hybridized carbons (Fsp3) is 0.453. The van der Waals surface area contributed by atoms with E-state index in [9.17, 15) is 39.2 Å². The fourth-order valence-corrected chi connectivity index (χ4v) is 8.35. The molecule has 18 heteroatoms. The Bertz CT molecular complexity index is 2390. The molecule has 4 amide bonds. The molecule has 384 valence electrons. The lowest BCUT2D eigenvalue weighted by molar-refractivity contribution is -0.385. The first-order valence-corrected chi connectivity index (χ1v) is 24.2. The minimum absolute atomic E-state index is 0. The molecule has 4 aromatic carbocycles. The van der Waals surface area contributed by atoms with Crippen molar-refractivity contribution in [2.24, 2.45) is 11.7 Å². The highest BCUT2D eigenvalue weighted by Gasteiger charge is 2.37. The number of ether oxygens (including phenoxy) is 3. The Labute approximate surface area is 421 Å². The Morgan fingerprint density at radius 3 is 2.10 bits per heavy atom. The molecule has 0 saturated heterocycles. The first-order chi connectivity index (χ1) is 33.7. The quantitative estimate of drug-likeness (QED) is 0.0221. The zero-order valence-corrected chi connectivity index (χ0v) is 41.8. The number of nitrogens with two attached hydrogens (primary N) is 1. The number of carboxylic acids is 1. The number of unbranched alkanes of at least 4 members (excludes halogenated alkanes) is 8. The maximum absolute atomic E-state index is 14.9. The smallest absolute Gasteiger partial charge is 0.328 e. The lowest BCUT2D eigenvalue weighted by Gasteiger charge is -2.30. The third kappa shape index (κ3) is 17.6. The van der Waals surface area contributed by atoms with E-state index in [1.165, 1.54) is 50.3 Å². The number of methoxy groups -OCH3 is 1. The Morgan fingerprint density at radius 2 is 1.49 bits per heavy atom. The number of aliphatic carboxylic acids is 1. The summed E-state index contributed by atoms with van der Waals surface area (Å²) in [5.41, 5.74) is 7.43. The molecule has 0 radical (unpaired) electrons. The summed E-state index contributed by atoms with van der Waals surface area (Å²) in [6, 6.07) is 17.6. The van der Waals surface area contributed by atoms with Gasteiger partial charge in [-0.05, 0) is 59.2 Å². The molecule has 0 fully saturated rings. The van der Waals surface area contributed by atoms with Crippen LogP contribution in [-0.4, -0.2) is 70.9 Å². The van der Waals surface area contributed by atoms with E-state index in [0.717, 1.165) is 44.1 Å². The van der Waals surface area contributed by atoms with Gasteiger partial charge in [-0.3, -0.25) is 29.3 Å². The normalized spacial score (nSPS) is 16.6. The van der Waals surface area contributed by atoms with Crippen molar-refractivity contribution < 1.29 is 48.2 Å². The standard InChI is InChI=1S/C53H68N6O11.ClH/c1-5-6-7-8-9-10-11-12-19-24-46(60)57-48(53(64)65)47-38-31-44(69-33-36-22-17-14-18-23-36)49(68-4)45(32-38)70-43-26-25-37(30-42(43)59(66)67)29-41(55-50(61)39(54)27-34(2)3)51(62)56-40(52(63)58-47)28-35-20-15-13-16-21-35;/h13-18,20-23,25-26,30-32,34,39-41,47-48H,5-12,19,24,27-29,33,54H2,1-4H3,(H,55,61)(H,56,62)(H,57,60)(H,58,63)(H,64,65);1H/t39-,40-,41+,47-,48+;/m1./s1. The number of halogens is 1. The average molecular weight is 1000 g/mol. The predicted octanol–water partition coefficient (Wildman–Crippen LogP) is 8.19. The highest BCUT2D eigenvalue weighted by molar-refractivity contribution is 5.94. The van der Waals surface area contributed by atoms with E-state index in [0.29, 0.717) is 18.4 Å². The molecule has 6 rings (SSSR count). The summed E-state index contributed by atoms with van der Waals surface area (Å²) in [5.74, 6) is -4.74. The van der Waals surface area contributed by atoms with Crippen LogP contribution < -0.4 is 41.2 Å². The highest BCUT2D eigenvalue weighted by atomic mass is 35.5. The number of hydrogen-bond acceptors (Lipinski definition) is 11. The van der Waals surface area contributed by atoms with Crippen molar-refractivity contribution in [1.29, 1.82) is 0 Å². The monoisotopic (exact) mass is 1000 g/mol. The van der Waals surface area contributed by atoms with Gasteiger partial charge in [-0.1, -0.05) is 139 Å². The maximum Gasteiger partial charge on any atom is 0.328 e. The van der Waals surface area contributed by atoms with E-state index < -0.39 is 70.4 Å². The fourth-order valence-electron chi connectivity index (χ4n) is 8.35.